The predicted molar refractivity (Wildman–Crippen MR) is 79.5 cm³/mol. The zero-order valence-electron chi connectivity index (χ0n) is 11.0. The molecule has 2 aromatic carbocycles. The van der Waals surface area contributed by atoms with Gasteiger partial charge in [-0.05, 0) is 23.6 Å². The zero-order chi connectivity index (χ0) is 13.7. The number of hydrogen-bond acceptors (Lipinski definition) is 2. The van der Waals surface area contributed by atoms with Crippen LogP contribution in [0.1, 0.15) is 23.6 Å². The van der Waals surface area contributed by atoms with Gasteiger partial charge in [0.25, 0.3) is 0 Å². The molecule has 19 heavy (non-hydrogen) atoms. The minimum atomic E-state index is 0.421. The molecule has 0 bridgehead atoms. The van der Waals surface area contributed by atoms with E-state index in [1.807, 2.05) is 18.2 Å². The van der Waals surface area contributed by atoms with Crippen molar-refractivity contribution in [2.75, 3.05) is 0 Å². The number of nitrogens with two attached hydrogens (primary N) is 1. The molecule has 0 aromatic heterocycles. The van der Waals surface area contributed by atoms with Crippen molar-refractivity contribution in [3.8, 4) is 5.75 Å². The van der Waals surface area contributed by atoms with Gasteiger partial charge >= 0.3 is 0 Å². The number of para-hydroxylation sites is 1. The Labute approximate surface area is 119 Å². The molecule has 2 rings (SSSR count). The molecule has 0 aliphatic carbocycles. The highest BCUT2D eigenvalue weighted by Crippen LogP contribution is 2.29. The summed E-state index contributed by atoms with van der Waals surface area (Å²) in [5.41, 5.74) is 9.06. The van der Waals surface area contributed by atoms with E-state index in [-0.39, 0.29) is 0 Å². The van der Waals surface area contributed by atoms with Crippen LogP contribution in [0.5, 0.6) is 5.75 Å². The van der Waals surface area contributed by atoms with E-state index in [1.54, 1.807) is 0 Å². The van der Waals surface area contributed by atoms with Gasteiger partial charge in [-0.25, -0.2) is 0 Å². The zero-order valence-corrected chi connectivity index (χ0v) is 11.8. The lowest BCUT2D eigenvalue weighted by atomic mass is 10.1. The number of halogens is 1. The molecule has 3 heteroatoms. The van der Waals surface area contributed by atoms with Crippen LogP contribution in [-0.4, -0.2) is 0 Å². The molecule has 0 unspecified atom stereocenters. The molecule has 0 saturated carbocycles. The fourth-order valence-electron chi connectivity index (χ4n) is 1.90. The van der Waals surface area contributed by atoms with Gasteiger partial charge in [0.05, 0.1) is 5.02 Å². The van der Waals surface area contributed by atoms with Crippen molar-refractivity contribution in [2.24, 2.45) is 5.73 Å². The van der Waals surface area contributed by atoms with Crippen LogP contribution in [0.2, 0.25) is 5.02 Å². The molecule has 0 radical (unpaired) electrons. The van der Waals surface area contributed by atoms with Gasteiger partial charge in [0, 0.05) is 12.1 Å². The monoisotopic (exact) mass is 275 g/mol. The van der Waals surface area contributed by atoms with Gasteiger partial charge in [0.1, 0.15) is 12.4 Å². The van der Waals surface area contributed by atoms with Gasteiger partial charge in [0.2, 0.25) is 0 Å². The first-order valence-electron chi connectivity index (χ1n) is 6.42. The minimum Gasteiger partial charge on any atom is -0.487 e. The third kappa shape index (κ3) is 3.49. The summed E-state index contributed by atoms with van der Waals surface area (Å²) in [5, 5.41) is 0.605. The molecule has 0 saturated heterocycles. The average molecular weight is 276 g/mol. The van der Waals surface area contributed by atoms with Crippen LogP contribution in [0, 0.1) is 0 Å². The quantitative estimate of drug-likeness (QED) is 0.897. The van der Waals surface area contributed by atoms with Crippen molar-refractivity contribution in [1.82, 2.24) is 0 Å². The van der Waals surface area contributed by atoms with E-state index in [0.717, 1.165) is 17.5 Å². The summed E-state index contributed by atoms with van der Waals surface area (Å²) in [5.74, 6) is 0.686. The molecule has 2 nitrogen and oxygen atoms in total. The summed E-state index contributed by atoms with van der Waals surface area (Å²) >= 11 is 6.14. The molecule has 0 atom stereocenters. The maximum atomic E-state index is 6.14. The lowest BCUT2D eigenvalue weighted by Crippen LogP contribution is -2.03. The summed E-state index contributed by atoms with van der Waals surface area (Å²) < 4.78 is 5.81. The maximum absolute atomic E-state index is 6.14. The normalized spacial score (nSPS) is 10.5. The summed E-state index contributed by atoms with van der Waals surface area (Å²) in [4.78, 5) is 0. The second-order valence-corrected chi connectivity index (χ2v) is 4.80. The Morgan fingerprint density at radius 3 is 2.37 bits per heavy atom. The van der Waals surface area contributed by atoms with Crippen LogP contribution in [0.25, 0.3) is 0 Å². The third-order valence-corrected chi connectivity index (χ3v) is 3.38. The van der Waals surface area contributed by atoms with Gasteiger partial charge < -0.3 is 10.5 Å². The van der Waals surface area contributed by atoms with E-state index in [1.165, 1.54) is 5.56 Å². The van der Waals surface area contributed by atoms with Gasteiger partial charge in [-0.1, -0.05) is 54.9 Å². The van der Waals surface area contributed by atoms with Crippen molar-refractivity contribution in [1.29, 1.82) is 0 Å². The van der Waals surface area contributed by atoms with Crippen LogP contribution >= 0.6 is 11.6 Å². The molecule has 0 spiro atoms. The van der Waals surface area contributed by atoms with Crippen molar-refractivity contribution in [3.63, 3.8) is 0 Å². The predicted octanol–water partition coefficient (Wildman–Crippen LogP) is 3.94. The lowest BCUT2D eigenvalue weighted by Gasteiger charge is -2.12. The second kappa shape index (κ2) is 6.60. The highest BCUT2D eigenvalue weighted by molar-refractivity contribution is 6.32. The Kier molecular flexibility index (Phi) is 4.83. The second-order valence-electron chi connectivity index (χ2n) is 4.39. The van der Waals surface area contributed by atoms with Crippen molar-refractivity contribution < 1.29 is 4.74 Å². The van der Waals surface area contributed by atoms with E-state index in [2.05, 4.69) is 31.2 Å². The summed E-state index contributed by atoms with van der Waals surface area (Å²) in [6, 6.07) is 14.0. The van der Waals surface area contributed by atoms with E-state index < -0.39 is 0 Å². The van der Waals surface area contributed by atoms with E-state index in [9.17, 15) is 0 Å². The first-order chi connectivity index (χ1) is 9.24. The summed E-state index contributed by atoms with van der Waals surface area (Å²) in [6.07, 6.45) is 1.04. The molecule has 0 heterocycles. The Morgan fingerprint density at radius 2 is 1.74 bits per heavy atom. The number of aryl methyl sites for hydroxylation is 1. The van der Waals surface area contributed by atoms with Gasteiger partial charge in [0.15, 0.2) is 0 Å². The van der Waals surface area contributed by atoms with Crippen LogP contribution in [-0.2, 0) is 19.6 Å². The number of ether oxygens (including phenoxy) is 1. The van der Waals surface area contributed by atoms with E-state index in [4.69, 9.17) is 22.1 Å². The highest BCUT2D eigenvalue weighted by atomic mass is 35.5. The molecule has 0 aliphatic rings. The molecule has 0 aliphatic heterocycles. The van der Waals surface area contributed by atoms with Crippen molar-refractivity contribution in [2.45, 2.75) is 26.5 Å². The Balaban J connectivity index is 2.09. The van der Waals surface area contributed by atoms with Gasteiger partial charge in [-0.2, -0.15) is 0 Å². The van der Waals surface area contributed by atoms with Crippen LogP contribution < -0.4 is 10.5 Å². The molecule has 0 fully saturated rings. The number of hydrogen-bond donors (Lipinski definition) is 1. The number of rotatable bonds is 5. The van der Waals surface area contributed by atoms with E-state index >= 15 is 0 Å². The minimum absolute atomic E-state index is 0.421. The fraction of sp³-hybridized carbons (Fsp3) is 0.250. The van der Waals surface area contributed by atoms with Crippen LogP contribution in [0.3, 0.4) is 0 Å². The maximum Gasteiger partial charge on any atom is 0.142 e. The molecule has 2 aromatic rings. The van der Waals surface area contributed by atoms with Gasteiger partial charge in [-0.15, -0.1) is 0 Å². The Hall–Kier alpha value is -1.51. The van der Waals surface area contributed by atoms with E-state index in [0.29, 0.717) is 23.9 Å². The van der Waals surface area contributed by atoms with Crippen LogP contribution in [0.15, 0.2) is 42.5 Å². The largest absolute Gasteiger partial charge is 0.487 e. The molecular formula is C16H18ClNO. The fourth-order valence-corrected chi connectivity index (χ4v) is 2.15. The topological polar surface area (TPSA) is 35.2 Å². The third-order valence-electron chi connectivity index (χ3n) is 3.08. The Morgan fingerprint density at radius 1 is 1.05 bits per heavy atom. The van der Waals surface area contributed by atoms with Crippen molar-refractivity contribution in [3.05, 3.63) is 64.2 Å². The highest BCUT2D eigenvalue weighted by Gasteiger charge is 2.07. The first-order valence-corrected chi connectivity index (χ1v) is 6.80. The summed E-state index contributed by atoms with van der Waals surface area (Å²) in [7, 11) is 0. The molecule has 100 valence electrons. The standard InChI is InChI=1S/C16H18ClNO/c1-2-12-6-8-13(9-7-12)11-19-16-14(10-18)4-3-5-15(16)17/h3-9H,2,10-11,18H2,1H3. The summed E-state index contributed by atoms with van der Waals surface area (Å²) in [6.45, 7) is 3.06. The first kappa shape index (κ1) is 13.9. The molecule has 0 amide bonds. The number of benzene rings is 2. The van der Waals surface area contributed by atoms with Crippen molar-refractivity contribution >= 4 is 11.6 Å². The molecular weight excluding hydrogens is 258 g/mol. The SMILES string of the molecule is CCc1ccc(COc2c(Cl)cccc2CN)cc1. The Bertz CT molecular complexity index is 537. The molecule has 2 N–H and O–H groups in total. The van der Waals surface area contributed by atoms with Crippen LogP contribution in [0.4, 0.5) is 0 Å². The average Bonchev–Trinajstić information content (AvgIpc) is 2.46. The lowest BCUT2D eigenvalue weighted by molar-refractivity contribution is 0.303. The van der Waals surface area contributed by atoms with Gasteiger partial charge in [-0.3, -0.25) is 0 Å². The smallest absolute Gasteiger partial charge is 0.142 e.